The van der Waals surface area contributed by atoms with Gasteiger partial charge in [-0.25, -0.2) is 0 Å². The summed E-state index contributed by atoms with van der Waals surface area (Å²) in [4.78, 5) is 12.1. The van der Waals surface area contributed by atoms with Gasteiger partial charge in [-0.05, 0) is 38.2 Å². The molecular formula is C15H22N2O. The van der Waals surface area contributed by atoms with Gasteiger partial charge in [-0.2, -0.15) is 0 Å². The lowest BCUT2D eigenvalue weighted by Crippen LogP contribution is -2.53. The molecule has 1 aliphatic carbocycles. The summed E-state index contributed by atoms with van der Waals surface area (Å²) in [6.45, 7) is 4.60. The van der Waals surface area contributed by atoms with Crippen molar-refractivity contribution in [2.75, 3.05) is 6.54 Å². The fraction of sp³-hybridized carbons (Fsp3) is 0.533. The first-order valence-corrected chi connectivity index (χ1v) is 6.60. The molecule has 1 unspecified atom stereocenters. The number of rotatable bonds is 5. The standard InChI is InChI=1S/C15H22N2O/c1-11-4-3-5-12(8-11)9-14(18)17-15(2,10-16)13-6-7-13/h3-5,8,13H,6-7,9-10,16H2,1-2H3,(H,17,18). The first-order valence-electron chi connectivity index (χ1n) is 6.60. The molecule has 0 bridgehead atoms. The number of aryl methyl sites for hydroxylation is 1. The summed E-state index contributed by atoms with van der Waals surface area (Å²) in [6, 6.07) is 8.07. The minimum Gasteiger partial charge on any atom is -0.349 e. The molecule has 0 saturated heterocycles. The Kier molecular flexibility index (Phi) is 3.71. The van der Waals surface area contributed by atoms with E-state index in [9.17, 15) is 4.79 Å². The van der Waals surface area contributed by atoms with Crippen LogP contribution in [0, 0.1) is 12.8 Å². The molecule has 1 aromatic carbocycles. The van der Waals surface area contributed by atoms with Gasteiger partial charge in [0.25, 0.3) is 0 Å². The van der Waals surface area contributed by atoms with Gasteiger partial charge in [0, 0.05) is 6.54 Å². The number of carbonyl (C=O) groups excluding carboxylic acids is 1. The third-order valence-electron chi connectivity index (χ3n) is 3.77. The van der Waals surface area contributed by atoms with Crippen LogP contribution in [0.15, 0.2) is 24.3 Å². The van der Waals surface area contributed by atoms with E-state index in [1.165, 1.54) is 18.4 Å². The topological polar surface area (TPSA) is 55.1 Å². The summed E-state index contributed by atoms with van der Waals surface area (Å²) >= 11 is 0. The predicted octanol–water partition coefficient (Wildman–Crippen LogP) is 1.78. The molecule has 0 heterocycles. The van der Waals surface area contributed by atoms with E-state index in [0.717, 1.165) is 5.56 Å². The smallest absolute Gasteiger partial charge is 0.224 e. The quantitative estimate of drug-likeness (QED) is 0.832. The van der Waals surface area contributed by atoms with Crippen LogP contribution in [-0.2, 0) is 11.2 Å². The molecule has 18 heavy (non-hydrogen) atoms. The van der Waals surface area contributed by atoms with Gasteiger partial charge in [0.2, 0.25) is 5.91 Å². The van der Waals surface area contributed by atoms with Crippen LogP contribution < -0.4 is 11.1 Å². The summed E-state index contributed by atoms with van der Waals surface area (Å²) in [5.74, 6) is 0.629. The van der Waals surface area contributed by atoms with Crippen LogP contribution >= 0.6 is 0 Å². The maximum absolute atomic E-state index is 12.1. The number of nitrogens with two attached hydrogens (primary N) is 1. The second-order valence-corrected chi connectivity index (χ2v) is 5.61. The van der Waals surface area contributed by atoms with Gasteiger partial charge in [-0.3, -0.25) is 4.79 Å². The fourth-order valence-corrected chi connectivity index (χ4v) is 2.41. The largest absolute Gasteiger partial charge is 0.349 e. The number of nitrogens with one attached hydrogen (secondary N) is 1. The van der Waals surface area contributed by atoms with Crippen molar-refractivity contribution >= 4 is 5.91 Å². The Morgan fingerprint density at radius 2 is 2.22 bits per heavy atom. The fourth-order valence-electron chi connectivity index (χ4n) is 2.41. The Morgan fingerprint density at radius 1 is 1.50 bits per heavy atom. The van der Waals surface area contributed by atoms with E-state index in [4.69, 9.17) is 5.73 Å². The molecule has 1 atom stereocenters. The lowest BCUT2D eigenvalue weighted by Gasteiger charge is -2.29. The molecule has 0 radical (unpaired) electrons. The van der Waals surface area contributed by atoms with E-state index in [2.05, 4.69) is 18.3 Å². The highest BCUT2D eigenvalue weighted by Gasteiger charge is 2.41. The monoisotopic (exact) mass is 246 g/mol. The van der Waals surface area contributed by atoms with Gasteiger partial charge in [0.1, 0.15) is 0 Å². The predicted molar refractivity (Wildman–Crippen MR) is 73.2 cm³/mol. The average molecular weight is 246 g/mol. The summed E-state index contributed by atoms with van der Waals surface area (Å²) in [5.41, 5.74) is 7.82. The van der Waals surface area contributed by atoms with Crippen molar-refractivity contribution in [3.63, 3.8) is 0 Å². The van der Waals surface area contributed by atoms with E-state index in [-0.39, 0.29) is 11.4 Å². The number of carbonyl (C=O) groups is 1. The highest BCUT2D eigenvalue weighted by Crippen LogP contribution is 2.38. The Morgan fingerprint density at radius 3 is 2.78 bits per heavy atom. The Hall–Kier alpha value is -1.35. The van der Waals surface area contributed by atoms with Gasteiger partial charge in [0.05, 0.1) is 12.0 Å². The molecule has 0 spiro atoms. The van der Waals surface area contributed by atoms with E-state index in [1.54, 1.807) is 0 Å². The zero-order chi connectivity index (χ0) is 13.2. The lowest BCUT2D eigenvalue weighted by atomic mass is 9.95. The molecule has 1 fully saturated rings. The average Bonchev–Trinajstić information content (AvgIpc) is 3.12. The molecule has 1 amide bonds. The highest BCUT2D eigenvalue weighted by atomic mass is 16.1. The third kappa shape index (κ3) is 3.10. The van der Waals surface area contributed by atoms with E-state index in [1.807, 2.05) is 25.1 Å². The van der Waals surface area contributed by atoms with Crippen LogP contribution in [0.4, 0.5) is 0 Å². The molecule has 3 nitrogen and oxygen atoms in total. The van der Waals surface area contributed by atoms with Crippen molar-refractivity contribution < 1.29 is 4.79 Å². The summed E-state index contributed by atoms with van der Waals surface area (Å²) in [6.07, 6.45) is 2.79. The second-order valence-electron chi connectivity index (χ2n) is 5.61. The van der Waals surface area contributed by atoms with Crippen molar-refractivity contribution in [3.8, 4) is 0 Å². The maximum atomic E-state index is 12.1. The zero-order valence-corrected chi connectivity index (χ0v) is 11.2. The summed E-state index contributed by atoms with van der Waals surface area (Å²) in [5, 5.41) is 3.11. The van der Waals surface area contributed by atoms with Crippen LogP contribution in [0.1, 0.15) is 30.9 Å². The van der Waals surface area contributed by atoms with Crippen molar-refractivity contribution in [3.05, 3.63) is 35.4 Å². The normalized spacial score (nSPS) is 18.2. The Balaban J connectivity index is 1.96. The maximum Gasteiger partial charge on any atom is 0.224 e. The van der Waals surface area contributed by atoms with Crippen molar-refractivity contribution in [1.82, 2.24) is 5.32 Å². The first kappa shape index (κ1) is 13.1. The molecule has 3 heteroatoms. The van der Waals surface area contributed by atoms with E-state index in [0.29, 0.717) is 18.9 Å². The van der Waals surface area contributed by atoms with Gasteiger partial charge in [0.15, 0.2) is 0 Å². The van der Waals surface area contributed by atoms with Gasteiger partial charge in [-0.1, -0.05) is 29.8 Å². The second kappa shape index (κ2) is 5.11. The highest BCUT2D eigenvalue weighted by molar-refractivity contribution is 5.79. The molecule has 1 aromatic rings. The van der Waals surface area contributed by atoms with Crippen molar-refractivity contribution in [2.24, 2.45) is 11.7 Å². The molecule has 3 N–H and O–H groups in total. The molecule has 0 aliphatic heterocycles. The van der Waals surface area contributed by atoms with Gasteiger partial charge < -0.3 is 11.1 Å². The number of amides is 1. The van der Waals surface area contributed by atoms with Gasteiger partial charge in [-0.15, -0.1) is 0 Å². The minimum absolute atomic E-state index is 0.0699. The molecule has 0 aromatic heterocycles. The van der Waals surface area contributed by atoms with Crippen LogP contribution in [0.2, 0.25) is 0 Å². The Bertz CT molecular complexity index is 440. The summed E-state index contributed by atoms with van der Waals surface area (Å²) in [7, 11) is 0. The number of hydrogen-bond acceptors (Lipinski definition) is 2. The van der Waals surface area contributed by atoms with Crippen LogP contribution in [0.3, 0.4) is 0 Å². The molecular weight excluding hydrogens is 224 g/mol. The first-order chi connectivity index (χ1) is 8.53. The van der Waals surface area contributed by atoms with Crippen molar-refractivity contribution in [1.29, 1.82) is 0 Å². The van der Waals surface area contributed by atoms with Crippen molar-refractivity contribution in [2.45, 2.75) is 38.6 Å². The zero-order valence-electron chi connectivity index (χ0n) is 11.2. The number of benzene rings is 1. The Labute approximate surface area is 109 Å². The third-order valence-corrected chi connectivity index (χ3v) is 3.77. The number of hydrogen-bond donors (Lipinski definition) is 2. The van der Waals surface area contributed by atoms with Crippen LogP contribution in [0.25, 0.3) is 0 Å². The SMILES string of the molecule is Cc1cccc(CC(=O)NC(C)(CN)C2CC2)c1. The van der Waals surface area contributed by atoms with E-state index >= 15 is 0 Å². The summed E-state index contributed by atoms with van der Waals surface area (Å²) < 4.78 is 0. The molecule has 2 rings (SSSR count). The minimum atomic E-state index is -0.221. The van der Waals surface area contributed by atoms with Crippen LogP contribution in [-0.4, -0.2) is 18.0 Å². The molecule has 98 valence electrons. The molecule has 1 aliphatic rings. The van der Waals surface area contributed by atoms with Gasteiger partial charge >= 0.3 is 0 Å². The van der Waals surface area contributed by atoms with E-state index < -0.39 is 0 Å². The lowest BCUT2D eigenvalue weighted by molar-refractivity contribution is -0.122. The molecule has 1 saturated carbocycles. The van der Waals surface area contributed by atoms with Crippen LogP contribution in [0.5, 0.6) is 0 Å².